The predicted molar refractivity (Wildman–Crippen MR) is 77.8 cm³/mol. The van der Waals surface area contributed by atoms with Crippen LogP contribution in [0.25, 0.3) is 0 Å². The van der Waals surface area contributed by atoms with E-state index >= 15 is 0 Å². The van der Waals surface area contributed by atoms with Crippen molar-refractivity contribution in [3.05, 3.63) is 65.5 Å². The van der Waals surface area contributed by atoms with Crippen molar-refractivity contribution in [2.24, 2.45) is 5.16 Å². The summed E-state index contributed by atoms with van der Waals surface area (Å²) >= 11 is 0. The number of halogens is 1. The molecule has 0 saturated carbocycles. The Morgan fingerprint density at radius 1 is 1.19 bits per heavy atom. The van der Waals surface area contributed by atoms with E-state index in [1.165, 1.54) is 19.2 Å². The predicted octanol–water partition coefficient (Wildman–Crippen LogP) is 2.75. The third kappa shape index (κ3) is 4.29. The fourth-order valence-electron chi connectivity index (χ4n) is 1.78. The summed E-state index contributed by atoms with van der Waals surface area (Å²) in [6, 6.07) is 13.1. The lowest BCUT2D eigenvalue weighted by Gasteiger charge is -2.09. The molecule has 2 aromatic rings. The second-order valence-corrected chi connectivity index (χ2v) is 4.32. The van der Waals surface area contributed by atoms with Gasteiger partial charge in [-0.3, -0.25) is 0 Å². The Labute approximate surface area is 122 Å². The molecule has 0 atom stereocenters. The smallest absolute Gasteiger partial charge is 0.134 e. The van der Waals surface area contributed by atoms with Crippen molar-refractivity contribution in [2.75, 3.05) is 13.7 Å². The number of nitrogens with zero attached hydrogens (tertiary/aromatic N) is 1. The fourth-order valence-corrected chi connectivity index (χ4v) is 1.78. The first-order chi connectivity index (χ1) is 10.2. The quantitative estimate of drug-likeness (QED) is 0.657. The van der Waals surface area contributed by atoms with E-state index in [9.17, 15) is 4.39 Å². The van der Waals surface area contributed by atoms with Gasteiger partial charge in [-0.05, 0) is 29.8 Å². The molecule has 1 N–H and O–H groups in total. The monoisotopic (exact) mass is 289 g/mol. The minimum absolute atomic E-state index is 0.0139. The molecule has 0 amide bonds. The van der Waals surface area contributed by atoms with E-state index in [4.69, 9.17) is 14.7 Å². The van der Waals surface area contributed by atoms with Gasteiger partial charge in [-0.15, -0.1) is 0 Å². The summed E-state index contributed by atoms with van der Waals surface area (Å²) in [4.78, 5) is 4.78. The molecule has 0 fully saturated rings. The minimum Gasteiger partial charge on any atom is -0.487 e. The summed E-state index contributed by atoms with van der Waals surface area (Å²) in [5, 5.41) is 12.8. The Morgan fingerprint density at radius 3 is 2.57 bits per heavy atom. The second-order valence-electron chi connectivity index (χ2n) is 4.32. The first-order valence-electron chi connectivity index (χ1n) is 6.41. The van der Waals surface area contributed by atoms with Crippen molar-refractivity contribution in [3.63, 3.8) is 0 Å². The lowest BCUT2D eigenvalue weighted by molar-refractivity contribution is 0.210. The molecule has 0 spiro atoms. The Morgan fingerprint density at radius 2 is 1.95 bits per heavy atom. The Hall–Kier alpha value is -2.40. The highest BCUT2D eigenvalue weighted by atomic mass is 19.1. The molecule has 0 aliphatic carbocycles. The van der Waals surface area contributed by atoms with Crippen LogP contribution in [0.5, 0.6) is 5.75 Å². The van der Waals surface area contributed by atoms with Gasteiger partial charge in [0.1, 0.15) is 31.0 Å². The SMILES string of the molecule is CO/N=C(\COc1ccc(CO)cc1)c1cccc(F)c1. The first-order valence-corrected chi connectivity index (χ1v) is 6.41. The molecular formula is C16H16FNO3. The average Bonchev–Trinajstić information content (AvgIpc) is 2.52. The van der Waals surface area contributed by atoms with E-state index in [1.807, 2.05) is 0 Å². The zero-order valence-electron chi connectivity index (χ0n) is 11.6. The largest absolute Gasteiger partial charge is 0.487 e. The van der Waals surface area contributed by atoms with E-state index in [1.54, 1.807) is 36.4 Å². The molecule has 4 nitrogen and oxygen atoms in total. The molecule has 0 heterocycles. The number of hydrogen-bond acceptors (Lipinski definition) is 4. The molecule has 5 heteroatoms. The van der Waals surface area contributed by atoms with Crippen molar-refractivity contribution >= 4 is 5.71 Å². The van der Waals surface area contributed by atoms with Crippen molar-refractivity contribution in [1.82, 2.24) is 0 Å². The van der Waals surface area contributed by atoms with Gasteiger partial charge in [-0.2, -0.15) is 0 Å². The number of benzene rings is 2. The van der Waals surface area contributed by atoms with Crippen molar-refractivity contribution in [1.29, 1.82) is 0 Å². The lowest BCUT2D eigenvalue weighted by Crippen LogP contribution is -2.13. The summed E-state index contributed by atoms with van der Waals surface area (Å²) < 4.78 is 18.9. The summed E-state index contributed by atoms with van der Waals surface area (Å²) in [6.07, 6.45) is 0. The van der Waals surface area contributed by atoms with E-state index in [2.05, 4.69) is 5.16 Å². The van der Waals surface area contributed by atoms with Crippen LogP contribution in [-0.2, 0) is 11.4 Å². The number of ether oxygens (including phenoxy) is 1. The van der Waals surface area contributed by atoms with Gasteiger partial charge in [0.05, 0.1) is 6.61 Å². The maximum absolute atomic E-state index is 13.3. The maximum atomic E-state index is 13.3. The zero-order valence-corrected chi connectivity index (χ0v) is 11.6. The van der Waals surface area contributed by atoms with Crippen molar-refractivity contribution in [3.8, 4) is 5.75 Å². The third-order valence-electron chi connectivity index (χ3n) is 2.84. The van der Waals surface area contributed by atoms with Gasteiger partial charge in [-0.1, -0.05) is 29.4 Å². The van der Waals surface area contributed by atoms with E-state index in [0.29, 0.717) is 17.0 Å². The van der Waals surface area contributed by atoms with Gasteiger partial charge in [0.15, 0.2) is 0 Å². The van der Waals surface area contributed by atoms with Crippen molar-refractivity contribution < 1.29 is 19.1 Å². The Kier molecular flexibility index (Phi) is 5.29. The van der Waals surface area contributed by atoms with Gasteiger partial charge in [0, 0.05) is 5.56 Å². The zero-order chi connectivity index (χ0) is 15.1. The maximum Gasteiger partial charge on any atom is 0.134 e. The highest BCUT2D eigenvalue weighted by Crippen LogP contribution is 2.13. The van der Waals surface area contributed by atoms with Gasteiger partial charge >= 0.3 is 0 Å². The normalized spacial score (nSPS) is 11.3. The molecule has 0 unspecified atom stereocenters. The minimum atomic E-state index is -0.344. The summed E-state index contributed by atoms with van der Waals surface area (Å²) in [6.45, 7) is 0.135. The molecule has 0 aliphatic rings. The van der Waals surface area contributed by atoms with Crippen LogP contribution in [0.3, 0.4) is 0 Å². The molecule has 2 aromatic carbocycles. The molecule has 0 radical (unpaired) electrons. The topological polar surface area (TPSA) is 51.0 Å². The molecular weight excluding hydrogens is 273 g/mol. The highest BCUT2D eigenvalue weighted by Gasteiger charge is 2.07. The highest BCUT2D eigenvalue weighted by molar-refractivity contribution is 6.01. The first kappa shape index (κ1) is 15.0. The van der Waals surface area contributed by atoms with Crippen LogP contribution >= 0.6 is 0 Å². The summed E-state index contributed by atoms with van der Waals surface area (Å²) in [5.41, 5.74) is 1.89. The standard InChI is InChI=1S/C16H16FNO3/c1-20-18-16(13-3-2-4-14(17)9-13)11-21-15-7-5-12(10-19)6-8-15/h2-9,19H,10-11H2,1H3/b18-16+. The number of aliphatic hydroxyl groups is 1. The van der Waals surface area contributed by atoms with E-state index in [-0.39, 0.29) is 19.0 Å². The van der Waals surface area contributed by atoms with Crippen LogP contribution in [-0.4, -0.2) is 24.5 Å². The van der Waals surface area contributed by atoms with E-state index < -0.39 is 0 Å². The van der Waals surface area contributed by atoms with E-state index in [0.717, 1.165) is 5.56 Å². The van der Waals surface area contributed by atoms with Crippen LogP contribution in [0.1, 0.15) is 11.1 Å². The number of oxime groups is 1. The fraction of sp³-hybridized carbons (Fsp3) is 0.188. The average molecular weight is 289 g/mol. The number of hydrogen-bond donors (Lipinski definition) is 1. The number of aliphatic hydroxyl groups excluding tert-OH is 1. The lowest BCUT2D eigenvalue weighted by atomic mass is 10.1. The van der Waals surface area contributed by atoms with Crippen LogP contribution in [0.2, 0.25) is 0 Å². The molecule has 110 valence electrons. The number of rotatable bonds is 6. The summed E-state index contributed by atoms with van der Waals surface area (Å²) in [5.74, 6) is 0.288. The molecule has 0 bridgehead atoms. The second kappa shape index (κ2) is 7.40. The Bertz CT molecular complexity index is 611. The third-order valence-corrected chi connectivity index (χ3v) is 2.84. The van der Waals surface area contributed by atoms with Crippen LogP contribution in [0.15, 0.2) is 53.7 Å². The van der Waals surface area contributed by atoms with Crippen molar-refractivity contribution in [2.45, 2.75) is 6.61 Å². The molecule has 0 aliphatic heterocycles. The van der Waals surface area contributed by atoms with Gasteiger partial charge in [0.2, 0.25) is 0 Å². The van der Waals surface area contributed by atoms with Gasteiger partial charge in [-0.25, -0.2) is 4.39 Å². The van der Waals surface area contributed by atoms with Crippen LogP contribution < -0.4 is 4.74 Å². The molecule has 21 heavy (non-hydrogen) atoms. The Balaban J connectivity index is 2.08. The molecule has 0 saturated heterocycles. The van der Waals surface area contributed by atoms with Crippen LogP contribution in [0.4, 0.5) is 4.39 Å². The molecule has 0 aromatic heterocycles. The molecule has 2 rings (SSSR count). The van der Waals surface area contributed by atoms with Gasteiger partial charge in [0.25, 0.3) is 0 Å². The van der Waals surface area contributed by atoms with Crippen LogP contribution in [0, 0.1) is 5.82 Å². The summed E-state index contributed by atoms with van der Waals surface area (Å²) in [7, 11) is 1.43. The van der Waals surface area contributed by atoms with Gasteiger partial charge < -0.3 is 14.7 Å².